The average Bonchev–Trinajstić information content (AvgIpc) is 2.59. The topological polar surface area (TPSA) is 68.5 Å². The molecule has 26 heavy (non-hydrogen) atoms. The molecule has 134 valence electrons. The highest BCUT2D eigenvalue weighted by atomic mass is 19.4. The fourth-order valence-electron chi connectivity index (χ4n) is 2.53. The van der Waals surface area contributed by atoms with Gasteiger partial charge in [-0.05, 0) is 35.7 Å². The number of carboxylic acid groups (broad SMARTS) is 1. The predicted molar refractivity (Wildman–Crippen MR) is 88.1 cm³/mol. The van der Waals surface area contributed by atoms with E-state index in [1.807, 2.05) is 0 Å². The number of hydrogen-bond donors (Lipinski definition) is 1. The molecule has 0 spiro atoms. The van der Waals surface area contributed by atoms with E-state index in [0.29, 0.717) is 11.1 Å². The van der Waals surface area contributed by atoms with Crippen molar-refractivity contribution in [2.24, 2.45) is 0 Å². The number of carbonyl (C=O) groups is 1. The van der Waals surface area contributed by atoms with Crippen LogP contribution >= 0.6 is 0 Å². The van der Waals surface area contributed by atoms with Crippen LogP contribution in [0.1, 0.15) is 10.4 Å². The third kappa shape index (κ3) is 3.53. The zero-order valence-electron chi connectivity index (χ0n) is 13.2. The quantitative estimate of drug-likeness (QED) is 0.769. The van der Waals surface area contributed by atoms with Crippen molar-refractivity contribution in [3.63, 3.8) is 0 Å². The molecule has 0 aliphatic heterocycles. The van der Waals surface area contributed by atoms with Gasteiger partial charge in [0.1, 0.15) is 11.3 Å². The number of rotatable bonds is 4. The Hall–Kier alpha value is -3.29. The van der Waals surface area contributed by atoms with Crippen molar-refractivity contribution < 1.29 is 27.8 Å². The van der Waals surface area contributed by atoms with Crippen LogP contribution in [0.25, 0.3) is 16.6 Å². The van der Waals surface area contributed by atoms with Crippen LogP contribution in [0.4, 0.5) is 13.2 Å². The van der Waals surface area contributed by atoms with E-state index in [1.54, 1.807) is 30.3 Å². The molecule has 0 saturated carbocycles. The summed E-state index contributed by atoms with van der Waals surface area (Å²) in [7, 11) is 0. The van der Waals surface area contributed by atoms with Crippen LogP contribution < -0.4 is 10.3 Å². The first-order chi connectivity index (χ1) is 12.3. The maximum absolute atomic E-state index is 12.6. The smallest absolute Gasteiger partial charge is 0.422 e. The van der Waals surface area contributed by atoms with E-state index in [-0.39, 0.29) is 11.3 Å². The first-order valence-corrected chi connectivity index (χ1v) is 7.44. The molecule has 1 aromatic heterocycles. The third-order valence-electron chi connectivity index (χ3n) is 3.62. The standard InChI is InChI=1S/C18H12F3NO4/c19-18(20,21)10-26-13-7-6-11-8-14(17(24)25)16(23)22(15(11)9-13)12-4-2-1-3-5-12/h1-9H,10H2,(H,24,25). The van der Waals surface area contributed by atoms with Crippen LogP contribution in [0.2, 0.25) is 0 Å². The second-order valence-electron chi connectivity index (χ2n) is 5.46. The number of carboxylic acids is 1. The number of pyridine rings is 1. The molecule has 0 atom stereocenters. The lowest BCUT2D eigenvalue weighted by atomic mass is 10.1. The van der Waals surface area contributed by atoms with E-state index < -0.39 is 29.9 Å². The SMILES string of the molecule is O=C(O)c1cc2ccc(OCC(F)(F)F)cc2n(-c2ccccc2)c1=O. The second-order valence-corrected chi connectivity index (χ2v) is 5.46. The van der Waals surface area contributed by atoms with Crippen molar-refractivity contribution in [2.75, 3.05) is 6.61 Å². The molecule has 0 unspecified atom stereocenters. The van der Waals surface area contributed by atoms with Crippen molar-refractivity contribution in [3.05, 3.63) is 70.5 Å². The van der Waals surface area contributed by atoms with E-state index in [9.17, 15) is 27.9 Å². The van der Waals surface area contributed by atoms with Crippen LogP contribution in [0.3, 0.4) is 0 Å². The molecule has 5 nitrogen and oxygen atoms in total. The summed E-state index contributed by atoms with van der Waals surface area (Å²) in [6.07, 6.45) is -4.50. The van der Waals surface area contributed by atoms with E-state index in [0.717, 1.165) is 4.57 Å². The summed E-state index contributed by atoms with van der Waals surface area (Å²) in [5.41, 5.74) is -0.598. The molecule has 0 radical (unpaired) electrons. The first-order valence-electron chi connectivity index (χ1n) is 7.44. The molecule has 1 N–H and O–H groups in total. The lowest BCUT2D eigenvalue weighted by molar-refractivity contribution is -0.153. The van der Waals surface area contributed by atoms with Crippen LogP contribution in [0.5, 0.6) is 5.75 Å². The lowest BCUT2D eigenvalue weighted by Gasteiger charge is -2.14. The first kappa shape index (κ1) is 17.5. The van der Waals surface area contributed by atoms with Gasteiger partial charge in [0.2, 0.25) is 0 Å². The van der Waals surface area contributed by atoms with Gasteiger partial charge in [0.15, 0.2) is 6.61 Å². The maximum atomic E-state index is 12.6. The molecule has 3 aromatic rings. The normalized spacial score (nSPS) is 11.5. The van der Waals surface area contributed by atoms with Gasteiger partial charge in [-0.15, -0.1) is 0 Å². The molecule has 2 aromatic carbocycles. The maximum Gasteiger partial charge on any atom is 0.422 e. The van der Waals surface area contributed by atoms with Crippen molar-refractivity contribution in [2.45, 2.75) is 6.18 Å². The van der Waals surface area contributed by atoms with Crippen LogP contribution in [-0.4, -0.2) is 28.4 Å². The summed E-state index contributed by atoms with van der Waals surface area (Å²) in [6, 6.07) is 13.4. The Morgan fingerprint density at radius 3 is 2.38 bits per heavy atom. The van der Waals surface area contributed by atoms with Crippen LogP contribution in [0, 0.1) is 0 Å². The second kappa shape index (κ2) is 6.55. The van der Waals surface area contributed by atoms with Gasteiger partial charge in [0.25, 0.3) is 5.56 Å². The fourth-order valence-corrected chi connectivity index (χ4v) is 2.53. The van der Waals surface area contributed by atoms with E-state index in [2.05, 4.69) is 0 Å². The average molecular weight is 363 g/mol. The number of para-hydroxylation sites is 1. The van der Waals surface area contributed by atoms with Crippen molar-refractivity contribution in [1.29, 1.82) is 0 Å². The zero-order chi connectivity index (χ0) is 18.9. The third-order valence-corrected chi connectivity index (χ3v) is 3.62. The molecule has 8 heteroatoms. The minimum Gasteiger partial charge on any atom is -0.484 e. The molecular formula is C18H12F3NO4. The van der Waals surface area contributed by atoms with E-state index in [4.69, 9.17) is 4.74 Å². The van der Waals surface area contributed by atoms with Gasteiger partial charge in [-0.3, -0.25) is 9.36 Å². The van der Waals surface area contributed by atoms with Crippen molar-refractivity contribution in [1.82, 2.24) is 4.57 Å². The minimum absolute atomic E-state index is 0.0815. The summed E-state index contributed by atoms with van der Waals surface area (Å²) in [4.78, 5) is 24.0. The van der Waals surface area contributed by atoms with Gasteiger partial charge >= 0.3 is 12.1 Å². The largest absolute Gasteiger partial charge is 0.484 e. The molecule has 0 aliphatic carbocycles. The monoisotopic (exact) mass is 363 g/mol. The van der Waals surface area contributed by atoms with Gasteiger partial charge in [0.05, 0.1) is 5.52 Å². The fraction of sp³-hybridized carbons (Fsp3) is 0.111. The minimum atomic E-state index is -4.50. The highest BCUT2D eigenvalue weighted by Crippen LogP contribution is 2.25. The summed E-state index contributed by atoms with van der Waals surface area (Å²) in [5, 5.41) is 9.64. The summed E-state index contributed by atoms with van der Waals surface area (Å²) in [6.45, 7) is -1.47. The number of fused-ring (bicyclic) bond motifs is 1. The highest BCUT2D eigenvalue weighted by molar-refractivity contribution is 5.93. The number of halogens is 3. The number of nitrogens with zero attached hydrogens (tertiary/aromatic N) is 1. The molecule has 3 rings (SSSR count). The Kier molecular flexibility index (Phi) is 4.41. The predicted octanol–water partition coefficient (Wildman–Crippen LogP) is 3.63. The number of hydrogen-bond acceptors (Lipinski definition) is 3. The number of aromatic carboxylic acids is 1. The molecule has 0 fully saturated rings. The molecule has 1 heterocycles. The molecule has 0 saturated heterocycles. The zero-order valence-corrected chi connectivity index (χ0v) is 13.2. The summed E-state index contributed by atoms with van der Waals surface area (Å²) in [5.74, 6) is -1.47. The van der Waals surface area contributed by atoms with Crippen molar-refractivity contribution in [3.8, 4) is 11.4 Å². The molecule has 0 amide bonds. The highest BCUT2D eigenvalue weighted by Gasteiger charge is 2.28. The van der Waals surface area contributed by atoms with Gasteiger partial charge in [0, 0.05) is 11.8 Å². The Labute approximate surface area is 144 Å². The molecular weight excluding hydrogens is 351 g/mol. The van der Waals surface area contributed by atoms with Gasteiger partial charge in [-0.25, -0.2) is 4.79 Å². The molecule has 0 aliphatic rings. The Morgan fingerprint density at radius 1 is 1.08 bits per heavy atom. The summed E-state index contributed by atoms with van der Waals surface area (Å²) >= 11 is 0. The number of ether oxygens (including phenoxy) is 1. The van der Waals surface area contributed by atoms with Crippen LogP contribution in [-0.2, 0) is 0 Å². The Bertz CT molecular complexity index is 1030. The van der Waals surface area contributed by atoms with Gasteiger partial charge in [-0.2, -0.15) is 13.2 Å². The van der Waals surface area contributed by atoms with E-state index in [1.165, 1.54) is 24.3 Å². The number of benzene rings is 2. The van der Waals surface area contributed by atoms with Gasteiger partial charge in [-0.1, -0.05) is 18.2 Å². The number of alkyl halides is 3. The number of aromatic nitrogens is 1. The van der Waals surface area contributed by atoms with Gasteiger partial charge < -0.3 is 9.84 Å². The Balaban J connectivity index is 2.24. The lowest BCUT2D eigenvalue weighted by Crippen LogP contribution is -2.25. The summed E-state index contributed by atoms with van der Waals surface area (Å²) < 4.78 is 42.9. The Morgan fingerprint density at radius 2 is 1.77 bits per heavy atom. The molecule has 0 bridgehead atoms. The van der Waals surface area contributed by atoms with Crippen LogP contribution in [0.15, 0.2) is 59.4 Å². The van der Waals surface area contributed by atoms with Crippen molar-refractivity contribution >= 4 is 16.9 Å². The van der Waals surface area contributed by atoms with E-state index >= 15 is 0 Å².